The van der Waals surface area contributed by atoms with Gasteiger partial charge in [0.1, 0.15) is 5.75 Å². The standard InChI is InChI=1S/C9H8BrF3O2/c1-15-7-4-5(2-3-6(7)10)9(12,13)8(11)14/h2-4,8,14H,1H3. The van der Waals surface area contributed by atoms with Crippen LogP contribution in [0.4, 0.5) is 13.2 Å². The molecule has 0 aliphatic rings. The summed E-state index contributed by atoms with van der Waals surface area (Å²) in [6.07, 6.45) is -3.23. The zero-order valence-corrected chi connectivity index (χ0v) is 9.26. The van der Waals surface area contributed by atoms with Crippen LogP contribution in [0, 0.1) is 0 Å². The van der Waals surface area contributed by atoms with Crippen LogP contribution in [-0.2, 0) is 5.92 Å². The smallest absolute Gasteiger partial charge is 0.327 e. The molecule has 15 heavy (non-hydrogen) atoms. The summed E-state index contributed by atoms with van der Waals surface area (Å²) < 4.78 is 43.6. The second-order valence-corrected chi connectivity index (χ2v) is 3.66. The van der Waals surface area contributed by atoms with Gasteiger partial charge in [0.25, 0.3) is 6.36 Å². The molecule has 0 aromatic heterocycles. The lowest BCUT2D eigenvalue weighted by molar-refractivity contribution is -0.174. The van der Waals surface area contributed by atoms with Gasteiger partial charge in [-0.2, -0.15) is 8.78 Å². The number of aliphatic hydroxyl groups excluding tert-OH is 1. The Bertz CT molecular complexity index is 355. The van der Waals surface area contributed by atoms with Crippen LogP contribution in [0.3, 0.4) is 0 Å². The highest BCUT2D eigenvalue weighted by molar-refractivity contribution is 9.10. The molecule has 0 saturated heterocycles. The van der Waals surface area contributed by atoms with E-state index in [1.807, 2.05) is 0 Å². The van der Waals surface area contributed by atoms with Gasteiger partial charge >= 0.3 is 5.92 Å². The van der Waals surface area contributed by atoms with Crippen LogP contribution in [0.1, 0.15) is 5.56 Å². The lowest BCUT2D eigenvalue weighted by Crippen LogP contribution is -2.26. The molecule has 1 aromatic carbocycles. The van der Waals surface area contributed by atoms with E-state index in [9.17, 15) is 13.2 Å². The van der Waals surface area contributed by atoms with Crippen molar-refractivity contribution in [2.75, 3.05) is 7.11 Å². The van der Waals surface area contributed by atoms with Crippen molar-refractivity contribution in [1.82, 2.24) is 0 Å². The highest BCUT2D eigenvalue weighted by Crippen LogP contribution is 2.36. The van der Waals surface area contributed by atoms with Crippen molar-refractivity contribution in [2.45, 2.75) is 12.3 Å². The lowest BCUT2D eigenvalue weighted by Gasteiger charge is -2.17. The topological polar surface area (TPSA) is 29.5 Å². The molecule has 1 rings (SSSR count). The van der Waals surface area contributed by atoms with E-state index in [1.165, 1.54) is 13.2 Å². The molecule has 0 fully saturated rings. The van der Waals surface area contributed by atoms with Crippen molar-refractivity contribution in [3.05, 3.63) is 28.2 Å². The molecule has 0 radical (unpaired) electrons. The molecule has 1 unspecified atom stereocenters. The first kappa shape index (κ1) is 12.3. The largest absolute Gasteiger partial charge is 0.496 e. The number of rotatable bonds is 3. The van der Waals surface area contributed by atoms with Gasteiger partial charge in [0.15, 0.2) is 0 Å². The van der Waals surface area contributed by atoms with Crippen molar-refractivity contribution < 1.29 is 23.0 Å². The summed E-state index contributed by atoms with van der Waals surface area (Å²) >= 11 is 3.07. The first-order valence-electron chi connectivity index (χ1n) is 3.93. The van der Waals surface area contributed by atoms with Gasteiger partial charge < -0.3 is 9.84 Å². The molecule has 0 spiro atoms. The number of methoxy groups -OCH3 is 1. The average molecular weight is 285 g/mol. The maximum Gasteiger partial charge on any atom is 0.327 e. The second-order valence-electron chi connectivity index (χ2n) is 2.81. The van der Waals surface area contributed by atoms with Gasteiger partial charge in [-0.1, -0.05) is 6.07 Å². The Hall–Kier alpha value is -0.750. The van der Waals surface area contributed by atoms with Crippen molar-refractivity contribution >= 4 is 15.9 Å². The molecular formula is C9H8BrF3O2. The SMILES string of the molecule is COc1cc(C(F)(F)C(O)F)ccc1Br. The number of alkyl halides is 3. The predicted octanol–water partition coefficient (Wildman–Crippen LogP) is 2.84. The Balaban J connectivity index is 3.16. The number of ether oxygens (including phenoxy) is 1. The molecule has 0 amide bonds. The Kier molecular flexibility index (Phi) is 3.62. The first-order valence-corrected chi connectivity index (χ1v) is 4.73. The summed E-state index contributed by atoms with van der Waals surface area (Å²) in [5, 5.41) is 8.30. The maximum atomic E-state index is 13.0. The van der Waals surface area contributed by atoms with Gasteiger partial charge in [-0.3, -0.25) is 0 Å². The molecule has 1 aromatic rings. The molecule has 2 nitrogen and oxygen atoms in total. The summed E-state index contributed by atoms with van der Waals surface area (Å²) in [5.41, 5.74) is -0.641. The van der Waals surface area contributed by atoms with Crippen molar-refractivity contribution in [1.29, 1.82) is 0 Å². The molecular weight excluding hydrogens is 277 g/mol. The predicted molar refractivity (Wildman–Crippen MR) is 51.7 cm³/mol. The first-order chi connectivity index (χ1) is 6.89. The van der Waals surface area contributed by atoms with Crippen LogP contribution in [0.25, 0.3) is 0 Å². The van der Waals surface area contributed by atoms with Crippen molar-refractivity contribution in [3.63, 3.8) is 0 Å². The van der Waals surface area contributed by atoms with E-state index in [0.717, 1.165) is 12.1 Å². The minimum Gasteiger partial charge on any atom is -0.496 e. The number of halogens is 4. The van der Waals surface area contributed by atoms with Crippen LogP contribution in [0.2, 0.25) is 0 Å². The third-order valence-electron chi connectivity index (χ3n) is 1.84. The van der Waals surface area contributed by atoms with Crippen molar-refractivity contribution in [2.24, 2.45) is 0 Å². The average Bonchev–Trinajstić information content (AvgIpc) is 2.18. The van der Waals surface area contributed by atoms with E-state index in [2.05, 4.69) is 15.9 Å². The molecule has 84 valence electrons. The third-order valence-corrected chi connectivity index (χ3v) is 2.49. The fourth-order valence-corrected chi connectivity index (χ4v) is 1.41. The molecule has 0 aliphatic heterocycles. The number of hydrogen-bond acceptors (Lipinski definition) is 2. The molecule has 0 aliphatic carbocycles. The Morgan fingerprint density at radius 2 is 2.07 bits per heavy atom. The molecule has 0 heterocycles. The molecule has 0 saturated carbocycles. The second kappa shape index (κ2) is 4.40. The van der Waals surface area contributed by atoms with Gasteiger partial charge in [-0.15, -0.1) is 0 Å². The third kappa shape index (κ3) is 2.43. The van der Waals surface area contributed by atoms with Gasteiger partial charge in [-0.05, 0) is 28.1 Å². The molecule has 1 atom stereocenters. The van der Waals surface area contributed by atoms with Crippen molar-refractivity contribution in [3.8, 4) is 5.75 Å². The lowest BCUT2D eigenvalue weighted by atomic mass is 10.1. The van der Waals surface area contributed by atoms with E-state index in [0.29, 0.717) is 4.47 Å². The molecule has 6 heteroatoms. The fraction of sp³-hybridized carbons (Fsp3) is 0.333. The summed E-state index contributed by atoms with van der Waals surface area (Å²) in [6.45, 7) is 0. The van der Waals surface area contributed by atoms with E-state index < -0.39 is 17.8 Å². The minimum absolute atomic E-state index is 0.146. The van der Waals surface area contributed by atoms with Crippen LogP contribution >= 0.6 is 15.9 Å². The Labute approximate surface area is 92.8 Å². The zero-order valence-electron chi connectivity index (χ0n) is 7.68. The van der Waals surface area contributed by atoms with Gasteiger partial charge in [0, 0.05) is 5.56 Å². The maximum absolute atomic E-state index is 13.0. The van der Waals surface area contributed by atoms with E-state index >= 15 is 0 Å². The van der Waals surface area contributed by atoms with E-state index in [1.54, 1.807) is 0 Å². The van der Waals surface area contributed by atoms with Gasteiger partial charge in [0.05, 0.1) is 11.6 Å². The Morgan fingerprint density at radius 3 is 2.53 bits per heavy atom. The Morgan fingerprint density at radius 1 is 1.47 bits per heavy atom. The molecule has 1 N–H and O–H groups in total. The van der Waals surface area contributed by atoms with Crippen LogP contribution in [0.5, 0.6) is 5.75 Å². The number of hydrogen-bond donors (Lipinski definition) is 1. The summed E-state index contributed by atoms with van der Waals surface area (Å²) in [6, 6.07) is 3.27. The van der Waals surface area contributed by atoms with E-state index in [-0.39, 0.29) is 5.75 Å². The number of benzene rings is 1. The highest BCUT2D eigenvalue weighted by Gasteiger charge is 2.41. The van der Waals surface area contributed by atoms with Gasteiger partial charge in [-0.25, -0.2) is 4.39 Å². The number of aliphatic hydroxyl groups is 1. The van der Waals surface area contributed by atoms with Crippen LogP contribution in [-0.4, -0.2) is 18.6 Å². The highest BCUT2D eigenvalue weighted by atomic mass is 79.9. The monoisotopic (exact) mass is 284 g/mol. The summed E-state index contributed by atoms with van der Waals surface area (Å²) in [7, 11) is 1.30. The molecule has 0 bridgehead atoms. The summed E-state index contributed by atoms with van der Waals surface area (Å²) in [4.78, 5) is 0. The fourth-order valence-electron chi connectivity index (χ4n) is 1.00. The van der Waals surface area contributed by atoms with Crippen LogP contribution < -0.4 is 4.74 Å². The quantitative estimate of drug-likeness (QED) is 0.925. The zero-order chi connectivity index (χ0) is 11.6. The minimum atomic E-state index is -3.94. The summed E-state index contributed by atoms with van der Waals surface area (Å²) in [5.74, 6) is -3.79. The van der Waals surface area contributed by atoms with E-state index in [4.69, 9.17) is 9.84 Å². The normalized spacial score (nSPS) is 13.7. The van der Waals surface area contributed by atoms with Crippen LogP contribution in [0.15, 0.2) is 22.7 Å². The van der Waals surface area contributed by atoms with Gasteiger partial charge in [0.2, 0.25) is 0 Å².